The van der Waals surface area contributed by atoms with Crippen molar-refractivity contribution >= 4 is 14.4 Å². The maximum Gasteiger partial charge on any atom is 0.213 e. The molecule has 2 aliphatic rings. The molecule has 2 aliphatic heterocycles. The molecule has 34 heavy (non-hydrogen) atoms. The molecule has 8 heteroatoms. The van der Waals surface area contributed by atoms with Crippen LogP contribution in [-0.4, -0.2) is 51.1 Å². The van der Waals surface area contributed by atoms with Gasteiger partial charge in [-0.05, 0) is 57.0 Å². The van der Waals surface area contributed by atoms with Crippen molar-refractivity contribution in [2.75, 3.05) is 13.7 Å². The maximum atomic E-state index is 6.59. The highest BCUT2D eigenvalue weighted by Gasteiger charge is 2.56. The third-order valence-corrected chi connectivity index (χ3v) is 11.7. The van der Waals surface area contributed by atoms with E-state index in [1.807, 2.05) is 32.1 Å². The molecule has 3 rings (SSSR count). The summed E-state index contributed by atoms with van der Waals surface area (Å²) < 4.78 is 31.2. The molecule has 2 N–H and O–H groups in total. The Bertz CT molecular complexity index is 880. The van der Waals surface area contributed by atoms with Gasteiger partial charge in [-0.25, -0.2) is 4.98 Å². The second-order valence-corrected chi connectivity index (χ2v) is 16.2. The van der Waals surface area contributed by atoms with Gasteiger partial charge in [0.05, 0.1) is 19.4 Å². The topological polar surface area (TPSA) is 85.1 Å². The van der Waals surface area contributed by atoms with Crippen molar-refractivity contribution in [2.24, 2.45) is 5.73 Å². The van der Waals surface area contributed by atoms with Crippen LogP contribution in [-0.2, 0) is 18.6 Å². The number of fused-ring (bicyclic) bond motifs is 1. The van der Waals surface area contributed by atoms with Crippen LogP contribution in [0.25, 0.3) is 6.08 Å². The fourth-order valence-electron chi connectivity index (χ4n) is 4.14. The number of rotatable bonds is 9. The summed E-state index contributed by atoms with van der Waals surface area (Å²) in [5, 5.41) is 0.116. The summed E-state index contributed by atoms with van der Waals surface area (Å²) in [4.78, 5) is 4.70. The van der Waals surface area contributed by atoms with Crippen LogP contribution in [0.1, 0.15) is 78.2 Å². The third-order valence-electron chi connectivity index (χ3n) is 7.15. The van der Waals surface area contributed by atoms with Crippen molar-refractivity contribution in [1.82, 2.24) is 4.98 Å². The molecule has 1 aromatic rings. The lowest BCUT2D eigenvalue weighted by molar-refractivity contribution is -0.190. The van der Waals surface area contributed by atoms with Gasteiger partial charge in [0.15, 0.2) is 14.1 Å². The van der Waals surface area contributed by atoms with Crippen molar-refractivity contribution in [1.29, 1.82) is 0 Å². The van der Waals surface area contributed by atoms with Gasteiger partial charge in [-0.3, -0.25) is 0 Å². The van der Waals surface area contributed by atoms with Crippen LogP contribution in [0.4, 0.5) is 0 Å². The number of ether oxygens (including phenoxy) is 4. The van der Waals surface area contributed by atoms with E-state index >= 15 is 0 Å². The molecule has 0 aromatic carbocycles. The molecule has 0 saturated carbocycles. The molecule has 0 radical (unpaired) electrons. The Hall–Kier alpha value is -1.45. The molecule has 0 spiro atoms. The van der Waals surface area contributed by atoms with E-state index in [2.05, 4.69) is 40.8 Å². The van der Waals surface area contributed by atoms with Gasteiger partial charge in [0.2, 0.25) is 5.88 Å². The van der Waals surface area contributed by atoms with E-state index in [1.165, 1.54) is 0 Å². The molecule has 192 valence electrons. The quantitative estimate of drug-likeness (QED) is 0.452. The number of nitrogens with two attached hydrogens (primary N) is 1. The fourth-order valence-corrected chi connectivity index (χ4v) is 5.15. The van der Waals surface area contributed by atoms with Crippen LogP contribution in [0.2, 0.25) is 18.1 Å². The Morgan fingerprint density at radius 3 is 2.50 bits per heavy atom. The minimum Gasteiger partial charge on any atom is -0.481 e. The highest BCUT2D eigenvalue weighted by atomic mass is 28.4. The Kier molecular flexibility index (Phi) is 8.19. The largest absolute Gasteiger partial charge is 0.481 e. The van der Waals surface area contributed by atoms with Crippen LogP contribution in [0.5, 0.6) is 5.88 Å². The lowest BCUT2D eigenvalue weighted by Crippen LogP contribution is -2.44. The molecule has 2 saturated heterocycles. The fraction of sp³-hybridized carbons (Fsp3) is 0.731. The average Bonchev–Trinajstić information content (AvgIpc) is 3.23. The van der Waals surface area contributed by atoms with Gasteiger partial charge in [-0.2, -0.15) is 0 Å². The zero-order valence-electron chi connectivity index (χ0n) is 22.4. The van der Waals surface area contributed by atoms with Gasteiger partial charge in [0, 0.05) is 17.3 Å². The normalized spacial score (nSPS) is 27.1. The SMILES string of the molecule is CCCCC(N)=Cc1nc(OC)ccc1C1O[C@H](CO[Si](C)(C)C(C)(C)C)[C@H]2OC(C)(C)O[C@@H]12. The Morgan fingerprint density at radius 1 is 1.21 bits per heavy atom. The summed E-state index contributed by atoms with van der Waals surface area (Å²) in [6.07, 6.45) is 3.81. The number of aromatic nitrogens is 1. The molecular formula is C26H44N2O5Si. The van der Waals surface area contributed by atoms with Gasteiger partial charge < -0.3 is 29.1 Å². The Morgan fingerprint density at radius 2 is 1.88 bits per heavy atom. The summed E-state index contributed by atoms with van der Waals surface area (Å²) in [6.45, 7) is 17.7. The molecule has 0 aliphatic carbocycles. The molecule has 1 aromatic heterocycles. The van der Waals surface area contributed by atoms with Crippen LogP contribution in [0.15, 0.2) is 17.8 Å². The second kappa shape index (κ2) is 10.3. The third kappa shape index (κ3) is 6.02. The smallest absolute Gasteiger partial charge is 0.213 e. The standard InChI is InChI=1S/C26H44N2O5Si/c1-10-11-12-17(27)15-19-18(13-14-21(28-19)29-7)22-24-23(32-26(5,6)33-24)20(31-22)16-30-34(8,9)25(2,3)4/h13-15,20,22-24H,10-12,16,27H2,1-9H3/t20-,22?,23-,24+/m1/s1. The van der Waals surface area contributed by atoms with Crippen molar-refractivity contribution in [3.8, 4) is 5.88 Å². The number of hydrogen-bond donors (Lipinski definition) is 1. The maximum absolute atomic E-state index is 6.59. The first-order valence-electron chi connectivity index (χ1n) is 12.4. The molecule has 0 amide bonds. The van der Waals surface area contributed by atoms with Gasteiger partial charge in [-0.1, -0.05) is 34.1 Å². The minimum atomic E-state index is -1.94. The first kappa shape index (κ1) is 27.1. The van der Waals surface area contributed by atoms with Crippen LogP contribution in [0.3, 0.4) is 0 Å². The summed E-state index contributed by atoms with van der Waals surface area (Å²) >= 11 is 0. The summed E-state index contributed by atoms with van der Waals surface area (Å²) in [5.74, 6) is -0.155. The predicted octanol–water partition coefficient (Wildman–Crippen LogP) is 5.56. The minimum absolute atomic E-state index is 0.116. The Labute approximate surface area is 206 Å². The average molecular weight is 493 g/mol. The number of nitrogens with zero attached hydrogens (tertiary/aromatic N) is 1. The van der Waals surface area contributed by atoms with Crippen LogP contribution < -0.4 is 10.5 Å². The number of allylic oxidation sites excluding steroid dienone is 1. The van der Waals surface area contributed by atoms with Crippen molar-refractivity contribution in [3.63, 3.8) is 0 Å². The first-order chi connectivity index (χ1) is 15.8. The van der Waals surface area contributed by atoms with Gasteiger partial charge in [-0.15, -0.1) is 0 Å². The monoisotopic (exact) mass is 492 g/mol. The van der Waals surface area contributed by atoms with E-state index in [4.69, 9.17) is 34.1 Å². The number of methoxy groups -OCH3 is 1. The van der Waals surface area contributed by atoms with Crippen molar-refractivity contribution in [3.05, 3.63) is 29.1 Å². The number of unbranched alkanes of at least 4 members (excludes halogenated alkanes) is 1. The molecule has 3 heterocycles. The van der Waals surface area contributed by atoms with Crippen LogP contribution >= 0.6 is 0 Å². The van der Waals surface area contributed by atoms with E-state index < -0.39 is 14.1 Å². The second-order valence-electron chi connectivity index (χ2n) is 11.4. The van der Waals surface area contributed by atoms with Crippen molar-refractivity contribution in [2.45, 2.75) is 109 Å². The van der Waals surface area contributed by atoms with Crippen LogP contribution in [0, 0.1) is 0 Å². The molecule has 1 unspecified atom stereocenters. The van der Waals surface area contributed by atoms with E-state index in [0.717, 1.165) is 36.2 Å². The molecule has 2 fully saturated rings. The molecule has 0 bridgehead atoms. The Balaban J connectivity index is 1.91. The zero-order chi connectivity index (χ0) is 25.3. The zero-order valence-corrected chi connectivity index (χ0v) is 23.4. The van der Waals surface area contributed by atoms with E-state index in [1.54, 1.807) is 7.11 Å². The van der Waals surface area contributed by atoms with E-state index in [-0.39, 0.29) is 29.5 Å². The summed E-state index contributed by atoms with van der Waals surface area (Å²) in [6, 6.07) is 3.85. The number of hydrogen-bond acceptors (Lipinski definition) is 7. The van der Waals surface area contributed by atoms with Gasteiger partial charge >= 0.3 is 0 Å². The first-order valence-corrected chi connectivity index (χ1v) is 15.3. The van der Waals surface area contributed by atoms with Crippen molar-refractivity contribution < 1.29 is 23.4 Å². The van der Waals surface area contributed by atoms with Gasteiger partial charge in [0.1, 0.15) is 24.4 Å². The highest BCUT2D eigenvalue weighted by Crippen LogP contribution is 2.47. The number of pyridine rings is 1. The highest BCUT2D eigenvalue weighted by molar-refractivity contribution is 6.74. The predicted molar refractivity (Wildman–Crippen MR) is 137 cm³/mol. The lowest BCUT2D eigenvalue weighted by Gasteiger charge is -2.37. The molecular weight excluding hydrogens is 448 g/mol. The molecule has 4 atom stereocenters. The van der Waals surface area contributed by atoms with E-state index in [9.17, 15) is 0 Å². The molecule has 7 nitrogen and oxygen atoms in total. The lowest BCUT2D eigenvalue weighted by atomic mass is 9.99. The summed E-state index contributed by atoms with van der Waals surface area (Å²) in [7, 11) is -0.329. The van der Waals surface area contributed by atoms with Gasteiger partial charge in [0.25, 0.3) is 0 Å². The summed E-state index contributed by atoms with van der Waals surface area (Å²) in [5.41, 5.74) is 8.79. The van der Waals surface area contributed by atoms with E-state index in [0.29, 0.717) is 12.5 Å².